The van der Waals surface area contributed by atoms with Crippen LogP contribution in [0.2, 0.25) is 0 Å². The van der Waals surface area contributed by atoms with E-state index in [1.54, 1.807) is 42.5 Å². The van der Waals surface area contributed by atoms with Crippen LogP contribution in [0, 0.1) is 6.92 Å². The summed E-state index contributed by atoms with van der Waals surface area (Å²) in [6.45, 7) is 1.29. The zero-order valence-electron chi connectivity index (χ0n) is 17.6. The number of nitrogens with one attached hydrogen (secondary N) is 1. The lowest BCUT2D eigenvalue weighted by Crippen LogP contribution is -2.25. The zero-order valence-corrected chi connectivity index (χ0v) is 17.6. The van der Waals surface area contributed by atoms with Gasteiger partial charge in [0.2, 0.25) is 0 Å². The lowest BCUT2D eigenvalue weighted by molar-refractivity contribution is -0.118. The van der Waals surface area contributed by atoms with Crippen LogP contribution in [-0.4, -0.2) is 35.9 Å². The molecule has 8 nitrogen and oxygen atoms in total. The van der Waals surface area contributed by atoms with Crippen molar-refractivity contribution in [3.8, 4) is 17.2 Å². The van der Waals surface area contributed by atoms with E-state index in [1.807, 2.05) is 19.1 Å². The standard InChI is InChI=1S/C25H18N2O6/c1-14-6-8-23(33-14)20-11-17(16-4-2-3-5-18(16)26-20)25(30)32-12-21(28)15-7-9-22-19(10-15)27-24(29)13-31-22/h2-11H,12-13H2,1H3,(H,27,29). The number of ether oxygens (including phenoxy) is 2. The number of anilines is 1. The normalized spacial score (nSPS) is 12.6. The number of furan rings is 1. The van der Waals surface area contributed by atoms with Crippen molar-refractivity contribution in [3.05, 3.63) is 77.6 Å². The van der Waals surface area contributed by atoms with E-state index in [-0.39, 0.29) is 18.1 Å². The van der Waals surface area contributed by atoms with E-state index in [1.165, 1.54) is 6.07 Å². The van der Waals surface area contributed by atoms with Gasteiger partial charge in [0.1, 0.15) is 17.2 Å². The van der Waals surface area contributed by atoms with E-state index in [2.05, 4.69) is 10.3 Å². The molecule has 0 radical (unpaired) electrons. The number of carbonyl (C=O) groups excluding carboxylic acids is 3. The molecule has 0 atom stereocenters. The summed E-state index contributed by atoms with van der Waals surface area (Å²) in [6.07, 6.45) is 0. The van der Waals surface area contributed by atoms with Gasteiger partial charge in [0, 0.05) is 10.9 Å². The fraction of sp³-hybridized carbons (Fsp3) is 0.120. The van der Waals surface area contributed by atoms with Gasteiger partial charge in [0.15, 0.2) is 24.8 Å². The van der Waals surface area contributed by atoms with E-state index in [9.17, 15) is 14.4 Å². The minimum atomic E-state index is -0.652. The van der Waals surface area contributed by atoms with Crippen molar-refractivity contribution in [3.63, 3.8) is 0 Å². The molecule has 1 amide bonds. The van der Waals surface area contributed by atoms with Crippen LogP contribution in [0.3, 0.4) is 0 Å². The highest BCUT2D eigenvalue weighted by molar-refractivity contribution is 6.06. The highest BCUT2D eigenvalue weighted by Crippen LogP contribution is 2.29. The summed E-state index contributed by atoms with van der Waals surface area (Å²) in [7, 11) is 0. The highest BCUT2D eigenvalue weighted by Gasteiger charge is 2.20. The number of carbonyl (C=O) groups is 3. The van der Waals surface area contributed by atoms with E-state index >= 15 is 0 Å². The van der Waals surface area contributed by atoms with Crippen molar-refractivity contribution in [1.82, 2.24) is 4.98 Å². The molecule has 2 aromatic heterocycles. The molecule has 0 spiro atoms. The van der Waals surface area contributed by atoms with Crippen molar-refractivity contribution < 1.29 is 28.3 Å². The number of hydrogen-bond donors (Lipinski definition) is 1. The molecular formula is C25H18N2O6. The van der Waals surface area contributed by atoms with Crippen LogP contribution >= 0.6 is 0 Å². The van der Waals surface area contributed by atoms with Crippen molar-refractivity contribution >= 4 is 34.3 Å². The summed E-state index contributed by atoms with van der Waals surface area (Å²) in [4.78, 5) is 41.7. The van der Waals surface area contributed by atoms with Crippen molar-refractivity contribution in [2.24, 2.45) is 0 Å². The Hall–Kier alpha value is -4.46. The fourth-order valence-electron chi connectivity index (χ4n) is 3.59. The van der Waals surface area contributed by atoms with E-state index < -0.39 is 18.4 Å². The number of ketones is 1. The van der Waals surface area contributed by atoms with Crippen molar-refractivity contribution in [2.75, 3.05) is 18.5 Å². The number of aromatic nitrogens is 1. The topological polar surface area (TPSA) is 108 Å². The number of pyridine rings is 1. The minimum absolute atomic E-state index is 0.0721. The number of benzene rings is 2. The first kappa shape index (κ1) is 20.4. The quantitative estimate of drug-likeness (QED) is 0.365. The molecule has 1 aliphatic heterocycles. The van der Waals surface area contributed by atoms with Gasteiger partial charge in [0.05, 0.1) is 16.8 Å². The van der Waals surface area contributed by atoms with Crippen LogP contribution in [-0.2, 0) is 9.53 Å². The number of nitrogens with zero attached hydrogens (tertiary/aromatic N) is 1. The summed E-state index contributed by atoms with van der Waals surface area (Å²) in [6, 6.07) is 17.0. The number of para-hydroxylation sites is 1. The second-order valence-electron chi connectivity index (χ2n) is 7.53. The van der Waals surface area contributed by atoms with Gasteiger partial charge in [-0.05, 0) is 49.4 Å². The van der Waals surface area contributed by atoms with Crippen LogP contribution < -0.4 is 10.1 Å². The Morgan fingerprint density at radius 1 is 1.09 bits per heavy atom. The van der Waals surface area contributed by atoms with Crippen LogP contribution in [0.1, 0.15) is 26.5 Å². The maximum absolute atomic E-state index is 12.9. The number of amides is 1. The van der Waals surface area contributed by atoms with Gasteiger partial charge in [-0.1, -0.05) is 18.2 Å². The molecule has 2 aromatic carbocycles. The first-order valence-electron chi connectivity index (χ1n) is 10.2. The smallest absolute Gasteiger partial charge is 0.339 e. The Bertz CT molecular complexity index is 1420. The summed E-state index contributed by atoms with van der Waals surface area (Å²) >= 11 is 0. The predicted octanol–water partition coefficient (Wildman–Crippen LogP) is 4.17. The highest BCUT2D eigenvalue weighted by atomic mass is 16.5. The molecule has 8 heteroatoms. The molecule has 0 aliphatic carbocycles. The largest absolute Gasteiger partial charge is 0.482 e. The number of aryl methyl sites for hydroxylation is 1. The van der Waals surface area contributed by atoms with Crippen LogP contribution in [0.15, 0.2) is 65.1 Å². The Balaban J connectivity index is 1.39. The van der Waals surface area contributed by atoms with E-state index in [0.29, 0.717) is 39.4 Å². The molecule has 0 fully saturated rings. The zero-order chi connectivity index (χ0) is 22.9. The van der Waals surface area contributed by atoms with Crippen LogP contribution in [0.5, 0.6) is 5.75 Å². The van der Waals surface area contributed by atoms with Crippen molar-refractivity contribution in [1.29, 1.82) is 0 Å². The Labute approximate surface area is 188 Å². The maximum Gasteiger partial charge on any atom is 0.339 e. The number of Topliss-reactive ketones (excluding diaryl/α,β-unsaturated/α-hetero) is 1. The summed E-state index contributed by atoms with van der Waals surface area (Å²) in [5.74, 6) is 0.369. The average molecular weight is 442 g/mol. The molecule has 5 rings (SSSR count). The fourth-order valence-corrected chi connectivity index (χ4v) is 3.59. The number of rotatable bonds is 5. The predicted molar refractivity (Wildman–Crippen MR) is 119 cm³/mol. The van der Waals surface area contributed by atoms with Crippen molar-refractivity contribution in [2.45, 2.75) is 6.92 Å². The number of hydrogen-bond acceptors (Lipinski definition) is 7. The van der Waals surface area contributed by atoms with Crippen LogP contribution in [0.4, 0.5) is 5.69 Å². The molecule has 0 saturated heterocycles. The van der Waals surface area contributed by atoms with Gasteiger partial charge in [0.25, 0.3) is 5.91 Å². The molecule has 164 valence electrons. The Kier molecular flexibility index (Phi) is 5.10. The average Bonchev–Trinajstić information content (AvgIpc) is 3.27. The summed E-state index contributed by atoms with van der Waals surface area (Å²) in [5, 5.41) is 3.26. The molecule has 0 saturated carbocycles. The number of esters is 1. The van der Waals surface area contributed by atoms with E-state index in [4.69, 9.17) is 13.9 Å². The van der Waals surface area contributed by atoms with Gasteiger partial charge in [-0.3, -0.25) is 9.59 Å². The molecular weight excluding hydrogens is 424 g/mol. The molecule has 0 unspecified atom stereocenters. The molecule has 3 heterocycles. The lowest BCUT2D eigenvalue weighted by Gasteiger charge is -2.18. The summed E-state index contributed by atoms with van der Waals surface area (Å²) in [5.41, 5.74) is 2.07. The lowest BCUT2D eigenvalue weighted by atomic mass is 10.1. The van der Waals surface area contributed by atoms with E-state index in [0.717, 1.165) is 5.76 Å². The van der Waals surface area contributed by atoms with Gasteiger partial charge in [-0.2, -0.15) is 0 Å². The van der Waals surface area contributed by atoms with Gasteiger partial charge >= 0.3 is 5.97 Å². The third kappa shape index (κ3) is 4.06. The monoisotopic (exact) mass is 442 g/mol. The van der Waals surface area contributed by atoms with Gasteiger partial charge in [-0.25, -0.2) is 9.78 Å². The van der Waals surface area contributed by atoms with Crippen LogP contribution in [0.25, 0.3) is 22.4 Å². The molecule has 4 aromatic rings. The maximum atomic E-state index is 12.9. The number of fused-ring (bicyclic) bond motifs is 2. The second-order valence-corrected chi connectivity index (χ2v) is 7.53. The third-order valence-corrected chi connectivity index (χ3v) is 5.20. The summed E-state index contributed by atoms with van der Waals surface area (Å²) < 4.78 is 16.3. The van der Waals surface area contributed by atoms with Gasteiger partial charge < -0.3 is 19.2 Å². The third-order valence-electron chi connectivity index (χ3n) is 5.20. The Morgan fingerprint density at radius 2 is 1.94 bits per heavy atom. The first-order valence-corrected chi connectivity index (χ1v) is 10.2. The first-order chi connectivity index (χ1) is 16.0. The molecule has 33 heavy (non-hydrogen) atoms. The molecule has 1 aliphatic rings. The Morgan fingerprint density at radius 3 is 2.76 bits per heavy atom. The molecule has 0 bridgehead atoms. The van der Waals surface area contributed by atoms with Gasteiger partial charge in [-0.15, -0.1) is 0 Å². The second kappa shape index (κ2) is 8.23. The SMILES string of the molecule is Cc1ccc(-c2cc(C(=O)OCC(=O)c3ccc4c(c3)NC(=O)CO4)c3ccccc3n2)o1. The molecule has 1 N–H and O–H groups in total. The minimum Gasteiger partial charge on any atom is -0.482 e.